The molecule has 0 aromatic carbocycles. The van der Waals surface area contributed by atoms with Crippen LogP contribution in [0.2, 0.25) is 0 Å². The summed E-state index contributed by atoms with van der Waals surface area (Å²) in [5.41, 5.74) is 0.102. The van der Waals surface area contributed by atoms with E-state index in [9.17, 15) is 14.9 Å². The van der Waals surface area contributed by atoms with Gasteiger partial charge in [-0.15, -0.1) is 0 Å². The van der Waals surface area contributed by atoms with Gasteiger partial charge in [-0.3, -0.25) is 9.20 Å². The molecule has 7 heteroatoms. The molecule has 2 N–H and O–H groups in total. The van der Waals surface area contributed by atoms with Gasteiger partial charge in [-0.05, 0) is 59.6 Å². The third-order valence-electron chi connectivity index (χ3n) is 5.18. The summed E-state index contributed by atoms with van der Waals surface area (Å²) in [5, 5.41) is 16.8. The molecule has 1 saturated heterocycles. The molecule has 2 aromatic heterocycles. The number of piperidine rings is 1. The van der Waals surface area contributed by atoms with E-state index in [-0.39, 0.29) is 40.5 Å². The molecule has 2 aromatic rings. The fraction of sp³-hybridized carbons (Fsp3) is 0.500. The molecular weight excluding hydrogens is 368 g/mol. The Morgan fingerprint density at radius 1 is 1.31 bits per heavy atom. The second kappa shape index (κ2) is 7.53. The second-order valence-electron chi connectivity index (χ2n) is 8.86. The smallest absolute Gasteiger partial charge is 0.342 e. The Kier molecular flexibility index (Phi) is 5.42. The van der Waals surface area contributed by atoms with Crippen LogP contribution in [-0.2, 0) is 4.74 Å². The minimum absolute atomic E-state index is 0.0212. The summed E-state index contributed by atoms with van der Waals surface area (Å²) in [6.07, 6.45) is 3.11. The van der Waals surface area contributed by atoms with Crippen LogP contribution >= 0.6 is 0 Å². The van der Waals surface area contributed by atoms with Crippen LogP contribution in [0.1, 0.15) is 63.4 Å². The second-order valence-corrected chi connectivity index (χ2v) is 8.86. The molecule has 154 valence electrons. The first kappa shape index (κ1) is 20.9. The molecular formula is C22H28N4O3. The molecule has 0 saturated carbocycles. The molecule has 3 rings (SSSR count). The number of nitrogens with zero attached hydrogens (tertiary/aromatic N) is 2. The molecule has 7 nitrogen and oxygen atoms in total. The number of carbonyl (C=O) groups is 1. The fourth-order valence-electron chi connectivity index (χ4n) is 4.59. The van der Waals surface area contributed by atoms with Gasteiger partial charge in [0.05, 0.1) is 17.8 Å². The van der Waals surface area contributed by atoms with Gasteiger partial charge in [-0.2, -0.15) is 5.26 Å². The van der Waals surface area contributed by atoms with E-state index in [2.05, 4.69) is 38.3 Å². The van der Waals surface area contributed by atoms with Crippen LogP contribution in [0.25, 0.3) is 5.52 Å². The number of anilines is 1. The molecule has 0 unspecified atom stereocenters. The number of nitrogens with one attached hydrogen (secondary N) is 2. The van der Waals surface area contributed by atoms with E-state index in [1.807, 2.05) is 6.07 Å². The summed E-state index contributed by atoms with van der Waals surface area (Å²) in [5.74, 6) is -0.553. The van der Waals surface area contributed by atoms with Gasteiger partial charge in [0.15, 0.2) is 0 Å². The molecule has 29 heavy (non-hydrogen) atoms. The van der Waals surface area contributed by atoms with E-state index in [0.717, 1.165) is 12.8 Å². The molecule has 3 heterocycles. The molecule has 0 radical (unpaired) electrons. The lowest BCUT2D eigenvalue weighted by Crippen LogP contribution is -2.60. The first-order valence-corrected chi connectivity index (χ1v) is 9.89. The maximum atomic E-state index is 12.9. The zero-order chi connectivity index (χ0) is 21.4. The van der Waals surface area contributed by atoms with Gasteiger partial charge in [0.2, 0.25) is 0 Å². The number of ether oxygens (including phenoxy) is 1. The van der Waals surface area contributed by atoms with Crippen molar-refractivity contribution in [2.45, 2.75) is 64.6 Å². The molecule has 0 amide bonds. The SMILES string of the molecule is CCOC(=O)c1c(NC2CC(C)(C)NC(C)(C)C2)c(C#N)c(=O)n2ccccc12. The van der Waals surface area contributed by atoms with Crippen molar-refractivity contribution in [1.82, 2.24) is 9.72 Å². The molecule has 1 aliphatic heterocycles. The quantitative estimate of drug-likeness (QED) is 0.771. The number of fused-ring (bicyclic) bond motifs is 1. The number of aromatic nitrogens is 1. The standard InChI is InChI=1S/C22H28N4O3/c1-6-29-20(28)17-16-9-7-8-10-26(16)19(27)15(13-23)18(17)24-14-11-21(2,3)25-22(4,5)12-14/h7-10,14,24-25H,6,11-12H2,1-5H3. The van der Waals surface area contributed by atoms with Crippen molar-refractivity contribution in [3.05, 3.63) is 45.9 Å². The number of hydrogen-bond acceptors (Lipinski definition) is 6. The lowest BCUT2D eigenvalue weighted by Gasteiger charge is -2.47. The first-order chi connectivity index (χ1) is 13.6. The Hall–Kier alpha value is -2.85. The molecule has 1 fully saturated rings. The average Bonchev–Trinajstić information content (AvgIpc) is 2.60. The highest BCUT2D eigenvalue weighted by Crippen LogP contribution is 2.33. The number of pyridine rings is 2. The van der Waals surface area contributed by atoms with Crippen molar-refractivity contribution in [3.63, 3.8) is 0 Å². The summed E-state index contributed by atoms with van der Waals surface area (Å²) < 4.78 is 6.60. The molecule has 0 spiro atoms. The third-order valence-corrected chi connectivity index (χ3v) is 5.18. The van der Waals surface area contributed by atoms with Gasteiger partial charge in [-0.25, -0.2) is 4.79 Å². The highest BCUT2D eigenvalue weighted by atomic mass is 16.5. The van der Waals surface area contributed by atoms with Gasteiger partial charge >= 0.3 is 5.97 Å². The van der Waals surface area contributed by atoms with Crippen molar-refractivity contribution in [3.8, 4) is 6.07 Å². The van der Waals surface area contributed by atoms with E-state index in [4.69, 9.17) is 4.74 Å². The van der Waals surface area contributed by atoms with Gasteiger partial charge < -0.3 is 15.4 Å². The Morgan fingerprint density at radius 2 is 1.97 bits per heavy atom. The largest absolute Gasteiger partial charge is 0.462 e. The number of hydrogen-bond donors (Lipinski definition) is 2. The van der Waals surface area contributed by atoms with E-state index < -0.39 is 11.5 Å². The normalized spacial score (nSPS) is 18.2. The maximum Gasteiger partial charge on any atom is 0.342 e. The monoisotopic (exact) mass is 396 g/mol. The highest BCUT2D eigenvalue weighted by molar-refractivity contribution is 6.04. The van der Waals surface area contributed by atoms with Crippen LogP contribution in [0.3, 0.4) is 0 Å². The molecule has 0 bridgehead atoms. The Balaban J connectivity index is 2.20. The number of carbonyl (C=O) groups excluding carboxylic acids is 1. The van der Waals surface area contributed by atoms with Crippen molar-refractivity contribution in [1.29, 1.82) is 5.26 Å². The minimum Gasteiger partial charge on any atom is -0.462 e. The zero-order valence-electron chi connectivity index (χ0n) is 17.6. The van der Waals surface area contributed by atoms with Gasteiger partial charge in [-0.1, -0.05) is 6.07 Å². The number of nitriles is 1. The van der Waals surface area contributed by atoms with E-state index in [1.165, 1.54) is 4.40 Å². The van der Waals surface area contributed by atoms with Crippen molar-refractivity contribution < 1.29 is 9.53 Å². The van der Waals surface area contributed by atoms with Gasteiger partial charge in [0.1, 0.15) is 17.2 Å². The third kappa shape index (κ3) is 4.13. The number of rotatable bonds is 4. The highest BCUT2D eigenvalue weighted by Gasteiger charge is 2.38. The first-order valence-electron chi connectivity index (χ1n) is 9.89. The van der Waals surface area contributed by atoms with Crippen LogP contribution < -0.4 is 16.2 Å². The van der Waals surface area contributed by atoms with Crippen LogP contribution in [0.15, 0.2) is 29.2 Å². The Labute approximate surface area is 170 Å². The van der Waals surface area contributed by atoms with E-state index in [0.29, 0.717) is 5.52 Å². The van der Waals surface area contributed by atoms with E-state index in [1.54, 1.807) is 31.3 Å². The summed E-state index contributed by atoms with van der Waals surface area (Å²) in [4.78, 5) is 25.8. The Bertz CT molecular complexity index is 1030. The Morgan fingerprint density at radius 3 is 2.55 bits per heavy atom. The minimum atomic E-state index is -0.553. The summed E-state index contributed by atoms with van der Waals surface area (Å²) in [7, 11) is 0. The van der Waals surface area contributed by atoms with Crippen molar-refractivity contribution in [2.24, 2.45) is 0 Å². The molecule has 0 atom stereocenters. The van der Waals surface area contributed by atoms with Gasteiger partial charge in [0, 0.05) is 23.3 Å². The lowest BCUT2D eigenvalue weighted by molar-refractivity contribution is 0.0529. The average molecular weight is 396 g/mol. The molecule has 0 aliphatic carbocycles. The van der Waals surface area contributed by atoms with Crippen LogP contribution in [0.5, 0.6) is 0 Å². The summed E-state index contributed by atoms with van der Waals surface area (Å²) >= 11 is 0. The van der Waals surface area contributed by atoms with E-state index >= 15 is 0 Å². The lowest BCUT2D eigenvalue weighted by atomic mass is 9.79. The van der Waals surface area contributed by atoms with Crippen molar-refractivity contribution in [2.75, 3.05) is 11.9 Å². The summed E-state index contributed by atoms with van der Waals surface area (Å²) in [6, 6.07) is 7.12. The van der Waals surface area contributed by atoms with Gasteiger partial charge in [0.25, 0.3) is 5.56 Å². The topological polar surface area (TPSA) is 95.6 Å². The molecule has 1 aliphatic rings. The fourth-order valence-corrected chi connectivity index (χ4v) is 4.59. The summed E-state index contributed by atoms with van der Waals surface area (Å²) in [6.45, 7) is 10.4. The number of esters is 1. The van der Waals surface area contributed by atoms with Crippen LogP contribution in [0, 0.1) is 11.3 Å². The van der Waals surface area contributed by atoms with Crippen LogP contribution in [0.4, 0.5) is 5.69 Å². The predicted molar refractivity (Wildman–Crippen MR) is 112 cm³/mol. The predicted octanol–water partition coefficient (Wildman–Crippen LogP) is 3.07. The maximum absolute atomic E-state index is 12.9. The zero-order valence-corrected chi connectivity index (χ0v) is 17.6. The van der Waals surface area contributed by atoms with Crippen molar-refractivity contribution >= 4 is 17.2 Å². The van der Waals surface area contributed by atoms with Crippen LogP contribution in [-0.4, -0.2) is 34.1 Å².